The molecule has 3 heterocycles. The lowest BCUT2D eigenvalue weighted by molar-refractivity contribution is 0.0694. The van der Waals surface area contributed by atoms with Crippen LogP contribution < -0.4 is 10.1 Å². The van der Waals surface area contributed by atoms with Crippen LogP contribution in [0.15, 0.2) is 48.7 Å². The number of carbonyl (C=O) groups is 1. The van der Waals surface area contributed by atoms with Gasteiger partial charge in [0.1, 0.15) is 5.69 Å². The van der Waals surface area contributed by atoms with Crippen LogP contribution in [0.25, 0.3) is 10.9 Å². The second-order valence-corrected chi connectivity index (χ2v) is 7.16. The average Bonchev–Trinajstić information content (AvgIpc) is 2.76. The first-order chi connectivity index (χ1) is 14.2. The van der Waals surface area contributed by atoms with E-state index in [1.807, 2.05) is 55.6 Å². The van der Waals surface area contributed by atoms with E-state index in [0.29, 0.717) is 37.8 Å². The van der Waals surface area contributed by atoms with Crippen LogP contribution in [0.1, 0.15) is 41.4 Å². The van der Waals surface area contributed by atoms with Crippen molar-refractivity contribution in [1.82, 2.24) is 15.3 Å². The van der Waals surface area contributed by atoms with E-state index in [2.05, 4.69) is 15.3 Å². The van der Waals surface area contributed by atoms with Crippen LogP contribution in [0.2, 0.25) is 0 Å². The maximum Gasteiger partial charge on any atom is 0.270 e. The normalized spacial score (nSPS) is 14.7. The van der Waals surface area contributed by atoms with E-state index in [0.717, 1.165) is 34.9 Å². The zero-order valence-electron chi connectivity index (χ0n) is 16.6. The third-order valence-corrected chi connectivity index (χ3v) is 5.08. The summed E-state index contributed by atoms with van der Waals surface area (Å²) in [4.78, 5) is 21.8. The van der Waals surface area contributed by atoms with Gasteiger partial charge in [-0.3, -0.25) is 4.79 Å². The molecule has 150 valence electrons. The fraction of sp³-hybridized carbons (Fsp3) is 0.348. The van der Waals surface area contributed by atoms with Gasteiger partial charge < -0.3 is 14.8 Å². The Balaban J connectivity index is 1.60. The molecule has 1 saturated heterocycles. The molecule has 1 aromatic carbocycles. The van der Waals surface area contributed by atoms with E-state index in [1.165, 1.54) is 0 Å². The van der Waals surface area contributed by atoms with Gasteiger partial charge in [-0.15, -0.1) is 0 Å². The molecule has 0 saturated carbocycles. The Morgan fingerprint density at radius 3 is 2.79 bits per heavy atom. The summed E-state index contributed by atoms with van der Waals surface area (Å²) in [6, 6.07) is 13.8. The fourth-order valence-corrected chi connectivity index (χ4v) is 3.58. The molecule has 29 heavy (non-hydrogen) atoms. The highest BCUT2D eigenvalue weighted by molar-refractivity contribution is 5.96. The maximum absolute atomic E-state index is 12.8. The highest BCUT2D eigenvalue weighted by Crippen LogP contribution is 2.22. The number of pyridine rings is 2. The molecule has 0 aliphatic carbocycles. The minimum atomic E-state index is -0.131. The number of carbonyl (C=O) groups excluding carboxylic acids is 1. The number of para-hydroxylation sites is 1. The highest BCUT2D eigenvalue weighted by atomic mass is 16.5. The molecular formula is C23H25N3O3. The zero-order chi connectivity index (χ0) is 20.1. The molecule has 0 spiro atoms. The Morgan fingerprint density at radius 1 is 1.21 bits per heavy atom. The number of hydrogen-bond donors (Lipinski definition) is 1. The molecule has 6 heteroatoms. The molecule has 0 atom stereocenters. The van der Waals surface area contributed by atoms with Gasteiger partial charge in [0.05, 0.1) is 12.1 Å². The minimum absolute atomic E-state index is 0.131. The summed E-state index contributed by atoms with van der Waals surface area (Å²) in [5.74, 6) is 0.487. The van der Waals surface area contributed by atoms with E-state index in [-0.39, 0.29) is 11.9 Å². The van der Waals surface area contributed by atoms with Gasteiger partial charge in [-0.05, 0) is 49.4 Å². The van der Waals surface area contributed by atoms with Gasteiger partial charge in [0.2, 0.25) is 5.88 Å². The van der Waals surface area contributed by atoms with Crippen LogP contribution in [0.5, 0.6) is 5.88 Å². The van der Waals surface area contributed by atoms with Crippen LogP contribution in [0.4, 0.5) is 0 Å². The molecule has 4 rings (SSSR count). The predicted octanol–water partition coefficient (Wildman–Crippen LogP) is 3.53. The maximum atomic E-state index is 12.8. The Labute approximate surface area is 170 Å². The summed E-state index contributed by atoms with van der Waals surface area (Å²) in [7, 11) is 0. The van der Waals surface area contributed by atoms with Crippen molar-refractivity contribution in [3.63, 3.8) is 0 Å². The molecule has 0 bridgehead atoms. The van der Waals surface area contributed by atoms with Gasteiger partial charge in [0, 0.05) is 36.9 Å². The third kappa shape index (κ3) is 4.71. The quantitative estimate of drug-likeness (QED) is 0.696. The van der Waals surface area contributed by atoms with E-state index in [4.69, 9.17) is 9.47 Å². The number of hydrogen-bond acceptors (Lipinski definition) is 5. The smallest absolute Gasteiger partial charge is 0.270 e. The van der Waals surface area contributed by atoms with Crippen molar-refractivity contribution in [1.29, 1.82) is 0 Å². The van der Waals surface area contributed by atoms with Crippen LogP contribution in [-0.4, -0.2) is 41.7 Å². The van der Waals surface area contributed by atoms with Crippen LogP contribution >= 0.6 is 0 Å². The van der Waals surface area contributed by atoms with E-state index < -0.39 is 0 Å². The number of benzene rings is 1. The van der Waals surface area contributed by atoms with Crippen molar-refractivity contribution in [3.05, 3.63) is 65.5 Å². The van der Waals surface area contributed by atoms with Gasteiger partial charge >= 0.3 is 0 Å². The molecule has 0 unspecified atom stereocenters. The highest BCUT2D eigenvalue weighted by Gasteiger charge is 2.19. The fourth-order valence-electron chi connectivity index (χ4n) is 3.58. The number of ether oxygens (including phenoxy) is 2. The number of amides is 1. The summed E-state index contributed by atoms with van der Waals surface area (Å²) in [5, 5.41) is 4.15. The lowest BCUT2D eigenvalue weighted by Crippen LogP contribution is -2.39. The average molecular weight is 391 g/mol. The van der Waals surface area contributed by atoms with Gasteiger partial charge in [-0.25, -0.2) is 9.97 Å². The molecular weight excluding hydrogens is 366 g/mol. The summed E-state index contributed by atoms with van der Waals surface area (Å²) < 4.78 is 10.8. The van der Waals surface area contributed by atoms with E-state index in [1.54, 1.807) is 0 Å². The molecule has 2 aromatic heterocycles. The van der Waals surface area contributed by atoms with Crippen molar-refractivity contribution in [3.8, 4) is 5.88 Å². The summed E-state index contributed by atoms with van der Waals surface area (Å²) in [6.45, 7) is 3.90. The summed E-state index contributed by atoms with van der Waals surface area (Å²) in [6.07, 6.45) is 4.16. The summed E-state index contributed by atoms with van der Waals surface area (Å²) in [5.41, 5.74) is 3.38. The minimum Gasteiger partial charge on any atom is -0.478 e. The largest absolute Gasteiger partial charge is 0.478 e. The SMILES string of the molecule is CCOc1ccc(Cc2cc(C(=O)NC3CCOCC3)nc3ccccc23)cn1. The van der Waals surface area contributed by atoms with Crippen LogP contribution in [-0.2, 0) is 11.2 Å². The predicted molar refractivity (Wildman–Crippen MR) is 111 cm³/mol. The molecule has 0 radical (unpaired) electrons. The lowest BCUT2D eigenvalue weighted by Gasteiger charge is -2.23. The third-order valence-electron chi connectivity index (χ3n) is 5.08. The van der Waals surface area contributed by atoms with Crippen molar-refractivity contribution in [2.24, 2.45) is 0 Å². The van der Waals surface area contributed by atoms with Crippen molar-refractivity contribution in [2.75, 3.05) is 19.8 Å². The Kier molecular flexibility index (Phi) is 6.00. The van der Waals surface area contributed by atoms with Crippen LogP contribution in [0, 0.1) is 0 Å². The first-order valence-corrected chi connectivity index (χ1v) is 10.1. The summed E-state index contributed by atoms with van der Waals surface area (Å²) >= 11 is 0. The van der Waals surface area contributed by atoms with Gasteiger partial charge in [-0.1, -0.05) is 24.3 Å². The van der Waals surface area contributed by atoms with Crippen molar-refractivity contribution in [2.45, 2.75) is 32.2 Å². The Morgan fingerprint density at radius 2 is 2.03 bits per heavy atom. The number of rotatable bonds is 6. The molecule has 1 fully saturated rings. The monoisotopic (exact) mass is 391 g/mol. The molecule has 3 aromatic rings. The molecule has 1 aliphatic rings. The lowest BCUT2D eigenvalue weighted by atomic mass is 10.0. The molecule has 1 aliphatic heterocycles. The molecule has 1 N–H and O–H groups in total. The van der Waals surface area contributed by atoms with E-state index in [9.17, 15) is 4.79 Å². The zero-order valence-corrected chi connectivity index (χ0v) is 16.6. The number of nitrogens with one attached hydrogen (secondary N) is 1. The van der Waals surface area contributed by atoms with Gasteiger partial charge in [0.25, 0.3) is 5.91 Å². The molecule has 6 nitrogen and oxygen atoms in total. The standard InChI is InChI=1S/C23H25N3O3/c1-2-29-22-8-7-16(15-24-22)13-17-14-21(26-20-6-4-3-5-19(17)20)23(27)25-18-9-11-28-12-10-18/h3-8,14-15,18H,2,9-13H2,1H3,(H,25,27). The van der Waals surface area contributed by atoms with Gasteiger partial charge in [-0.2, -0.15) is 0 Å². The Hall–Kier alpha value is -2.99. The second kappa shape index (κ2) is 9.01. The first kappa shape index (κ1) is 19.3. The Bertz CT molecular complexity index is 982. The van der Waals surface area contributed by atoms with Crippen molar-refractivity contribution >= 4 is 16.8 Å². The van der Waals surface area contributed by atoms with Crippen LogP contribution in [0.3, 0.4) is 0 Å². The number of aromatic nitrogens is 2. The molecule has 1 amide bonds. The van der Waals surface area contributed by atoms with Gasteiger partial charge in [0.15, 0.2) is 0 Å². The number of nitrogens with zero attached hydrogens (tertiary/aromatic N) is 2. The second-order valence-electron chi connectivity index (χ2n) is 7.16. The first-order valence-electron chi connectivity index (χ1n) is 10.1. The number of fused-ring (bicyclic) bond motifs is 1. The van der Waals surface area contributed by atoms with E-state index >= 15 is 0 Å². The van der Waals surface area contributed by atoms with Crippen molar-refractivity contribution < 1.29 is 14.3 Å². The topological polar surface area (TPSA) is 73.3 Å².